The Balaban J connectivity index is 1.67. The van der Waals surface area contributed by atoms with Crippen molar-refractivity contribution in [1.82, 2.24) is 4.90 Å². The molecular formula is C25H35N. The van der Waals surface area contributed by atoms with Crippen LogP contribution in [0.1, 0.15) is 61.3 Å². The van der Waals surface area contributed by atoms with Gasteiger partial charge in [-0.3, -0.25) is 0 Å². The van der Waals surface area contributed by atoms with Gasteiger partial charge in [-0.05, 0) is 87.2 Å². The Morgan fingerprint density at radius 1 is 0.923 bits per heavy atom. The first kappa shape index (κ1) is 19.2. The summed E-state index contributed by atoms with van der Waals surface area (Å²) in [6.07, 6.45) is 6.26. The van der Waals surface area contributed by atoms with Crippen molar-refractivity contribution in [2.75, 3.05) is 19.6 Å². The monoisotopic (exact) mass is 349 g/mol. The molecular weight excluding hydrogens is 314 g/mol. The largest absolute Gasteiger partial charge is 0.303 e. The molecule has 0 amide bonds. The number of nitrogens with zero attached hydrogens (tertiary/aromatic N) is 1. The van der Waals surface area contributed by atoms with Gasteiger partial charge in [-0.25, -0.2) is 0 Å². The Hall–Kier alpha value is -1.60. The van der Waals surface area contributed by atoms with Crippen molar-refractivity contribution >= 4 is 0 Å². The summed E-state index contributed by atoms with van der Waals surface area (Å²) >= 11 is 0. The van der Waals surface area contributed by atoms with E-state index >= 15 is 0 Å². The lowest BCUT2D eigenvalue weighted by Gasteiger charge is -2.31. The highest BCUT2D eigenvalue weighted by Gasteiger charge is 2.18. The summed E-state index contributed by atoms with van der Waals surface area (Å²) in [6, 6.07) is 18.5. The molecule has 0 N–H and O–H groups in total. The van der Waals surface area contributed by atoms with Crippen LogP contribution < -0.4 is 0 Å². The van der Waals surface area contributed by atoms with Crippen molar-refractivity contribution in [3.8, 4) is 0 Å². The zero-order valence-corrected chi connectivity index (χ0v) is 16.9. The second-order valence-electron chi connectivity index (χ2n) is 8.29. The standard InChI is InChI=1S/C25H35N/c1-4-22-7-9-23(10-8-22)19-25(24-11-5-20(2)6-12-24)15-18-26-16-13-21(3)14-17-26/h5-12,21,25H,4,13-19H2,1-3H3. The zero-order valence-electron chi connectivity index (χ0n) is 16.9. The van der Waals surface area contributed by atoms with Gasteiger partial charge >= 0.3 is 0 Å². The summed E-state index contributed by atoms with van der Waals surface area (Å²) < 4.78 is 0. The van der Waals surface area contributed by atoms with Crippen LogP contribution in [-0.2, 0) is 12.8 Å². The van der Waals surface area contributed by atoms with Crippen molar-refractivity contribution in [2.24, 2.45) is 5.92 Å². The van der Waals surface area contributed by atoms with Crippen molar-refractivity contribution < 1.29 is 0 Å². The van der Waals surface area contributed by atoms with E-state index in [0.29, 0.717) is 5.92 Å². The fraction of sp³-hybridized carbons (Fsp3) is 0.520. The molecule has 2 aromatic carbocycles. The molecule has 26 heavy (non-hydrogen) atoms. The summed E-state index contributed by atoms with van der Waals surface area (Å²) in [5.74, 6) is 1.53. The van der Waals surface area contributed by atoms with Crippen molar-refractivity contribution in [3.05, 3.63) is 70.8 Å². The molecule has 3 rings (SSSR count). The molecule has 1 aliphatic rings. The van der Waals surface area contributed by atoms with E-state index in [1.165, 1.54) is 61.2 Å². The summed E-state index contributed by atoms with van der Waals surface area (Å²) in [6.45, 7) is 10.6. The SMILES string of the molecule is CCc1ccc(CC(CCN2CCC(C)CC2)c2ccc(C)cc2)cc1. The molecule has 0 aliphatic carbocycles. The Morgan fingerprint density at radius 2 is 1.54 bits per heavy atom. The van der Waals surface area contributed by atoms with Crippen LogP contribution in [0.2, 0.25) is 0 Å². The van der Waals surface area contributed by atoms with Crippen molar-refractivity contribution in [2.45, 2.75) is 58.8 Å². The van der Waals surface area contributed by atoms with Crippen LogP contribution in [0.15, 0.2) is 48.5 Å². The summed E-state index contributed by atoms with van der Waals surface area (Å²) in [5.41, 5.74) is 5.76. The molecule has 1 heteroatoms. The average molecular weight is 350 g/mol. The van der Waals surface area contributed by atoms with Crippen LogP contribution in [0.4, 0.5) is 0 Å². The van der Waals surface area contributed by atoms with Gasteiger partial charge in [-0.15, -0.1) is 0 Å². The van der Waals surface area contributed by atoms with Gasteiger partial charge in [0.2, 0.25) is 0 Å². The normalized spacial score (nSPS) is 17.3. The minimum Gasteiger partial charge on any atom is -0.303 e. The number of benzene rings is 2. The molecule has 1 unspecified atom stereocenters. The van der Waals surface area contributed by atoms with Gasteiger partial charge in [0.25, 0.3) is 0 Å². The minimum absolute atomic E-state index is 0.613. The number of rotatable bonds is 7. The number of hydrogen-bond acceptors (Lipinski definition) is 1. The molecule has 0 bridgehead atoms. The van der Waals surface area contributed by atoms with Crippen LogP contribution in [0.5, 0.6) is 0 Å². The predicted molar refractivity (Wildman–Crippen MR) is 113 cm³/mol. The lowest BCUT2D eigenvalue weighted by Crippen LogP contribution is -2.34. The Labute approximate surface area is 160 Å². The topological polar surface area (TPSA) is 3.24 Å². The molecule has 1 atom stereocenters. The number of likely N-dealkylation sites (tertiary alicyclic amines) is 1. The molecule has 1 saturated heterocycles. The van der Waals surface area contributed by atoms with Crippen LogP contribution >= 0.6 is 0 Å². The molecule has 0 aromatic heterocycles. The fourth-order valence-corrected chi connectivity index (χ4v) is 4.04. The molecule has 1 fully saturated rings. The van der Waals surface area contributed by atoms with Crippen molar-refractivity contribution in [1.29, 1.82) is 0 Å². The van der Waals surface area contributed by atoms with Gasteiger partial charge in [-0.2, -0.15) is 0 Å². The lowest BCUT2D eigenvalue weighted by atomic mass is 9.88. The first-order valence-electron chi connectivity index (χ1n) is 10.5. The van der Waals surface area contributed by atoms with E-state index < -0.39 is 0 Å². The molecule has 0 saturated carbocycles. The van der Waals surface area contributed by atoms with E-state index in [1.807, 2.05) is 0 Å². The summed E-state index contributed by atoms with van der Waals surface area (Å²) in [4.78, 5) is 2.68. The first-order chi connectivity index (χ1) is 12.6. The molecule has 140 valence electrons. The molecule has 1 aliphatic heterocycles. The van der Waals surface area contributed by atoms with E-state index in [0.717, 1.165) is 18.8 Å². The molecule has 2 aromatic rings. The summed E-state index contributed by atoms with van der Waals surface area (Å²) in [5, 5.41) is 0. The van der Waals surface area contributed by atoms with Crippen LogP contribution in [0.3, 0.4) is 0 Å². The highest BCUT2D eigenvalue weighted by atomic mass is 15.1. The second kappa shape index (κ2) is 9.37. The third-order valence-electron chi connectivity index (χ3n) is 6.13. The lowest BCUT2D eigenvalue weighted by molar-refractivity contribution is 0.186. The van der Waals surface area contributed by atoms with Gasteiger partial charge in [0.05, 0.1) is 0 Å². The Bertz CT molecular complexity index is 648. The van der Waals surface area contributed by atoms with E-state index in [-0.39, 0.29) is 0 Å². The van der Waals surface area contributed by atoms with Crippen molar-refractivity contribution in [3.63, 3.8) is 0 Å². The zero-order chi connectivity index (χ0) is 18.4. The second-order valence-corrected chi connectivity index (χ2v) is 8.29. The third kappa shape index (κ3) is 5.45. The van der Waals surface area contributed by atoms with E-state index in [4.69, 9.17) is 0 Å². The minimum atomic E-state index is 0.613. The predicted octanol–water partition coefficient (Wildman–Crippen LogP) is 6.01. The maximum Gasteiger partial charge on any atom is -0.00128 e. The van der Waals surface area contributed by atoms with E-state index in [9.17, 15) is 0 Å². The number of aryl methyl sites for hydroxylation is 2. The quantitative estimate of drug-likeness (QED) is 0.592. The Kier molecular flexibility index (Phi) is 6.91. The summed E-state index contributed by atoms with van der Waals surface area (Å²) in [7, 11) is 0. The van der Waals surface area contributed by atoms with Crippen LogP contribution in [0, 0.1) is 12.8 Å². The maximum atomic E-state index is 2.68. The Morgan fingerprint density at radius 3 is 2.15 bits per heavy atom. The van der Waals surface area contributed by atoms with Gasteiger partial charge < -0.3 is 4.90 Å². The van der Waals surface area contributed by atoms with Crippen LogP contribution in [0.25, 0.3) is 0 Å². The highest BCUT2D eigenvalue weighted by molar-refractivity contribution is 5.28. The van der Waals surface area contributed by atoms with Gasteiger partial charge in [0.15, 0.2) is 0 Å². The third-order valence-corrected chi connectivity index (χ3v) is 6.13. The van der Waals surface area contributed by atoms with Gasteiger partial charge in [0, 0.05) is 0 Å². The molecule has 0 radical (unpaired) electrons. The molecule has 0 spiro atoms. The molecule has 1 nitrogen and oxygen atoms in total. The van der Waals surface area contributed by atoms with Gasteiger partial charge in [0.1, 0.15) is 0 Å². The maximum absolute atomic E-state index is 2.68. The van der Waals surface area contributed by atoms with Crippen LogP contribution in [-0.4, -0.2) is 24.5 Å². The molecule has 1 heterocycles. The average Bonchev–Trinajstić information content (AvgIpc) is 2.67. The van der Waals surface area contributed by atoms with E-state index in [2.05, 4.69) is 74.2 Å². The smallest absolute Gasteiger partial charge is 0.00128 e. The number of piperidine rings is 1. The first-order valence-corrected chi connectivity index (χ1v) is 10.5. The highest BCUT2D eigenvalue weighted by Crippen LogP contribution is 2.27. The fourth-order valence-electron chi connectivity index (χ4n) is 4.04. The van der Waals surface area contributed by atoms with Gasteiger partial charge in [-0.1, -0.05) is 67.9 Å². The number of hydrogen-bond donors (Lipinski definition) is 0. The van der Waals surface area contributed by atoms with E-state index in [1.54, 1.807) is 0 Å².